The molecule has 0 aromatic heterocycles. The molecule has 1 fully saturated rings. The maximum absolute atomic E-state index is 12.1. The van der Waals surface area contributed by atoms with Crippen LogP contribution in [-0.2, 0) is 4.79 Å². The van der Waals surface area contributed by atoms with E-state index in [-0.39, 0.29) is 23.9 Å². The Morgan fingerprint density at radius 2 is 1.72 bits per heavy atom. The Balaban J connectivity index is 1.33. The Kier molecular flexibility index (Phi) is 9.22. The maximum Gasteiger partial charge on any atom is 0.318 e. The van der Waals surface area contributed by atoms with Crippen LogP contribution in [0.3, 0.4) is 0 Å². The third-order valence-electron chi connectivity index (χ3n) is 5.30. The van der Waals surface area contributed by atoms with Crippen LogP contribution in [0.2, 0.25) is 0 Å². The highest BCUT2D eigenvalue weighted by atomic mass is 32.2. The molecule has 1 heterocycles. The minimum atomic E-state index is -0.772. The van der Waals surface area contributed by atoms with Gasteiger partial charge in [0.25, 0.3) is 11.6 Å². The first-order chi connectivity index (χ1) is 18.8. The van der Waals surface area contributed by atoms with E-state index in [1.54, 1.807) is 12.1 Å². The number of hydrazone groups is 1. The molecule has 0 saturated carbocycles. The van der Waals surface area contributed by atoms with E-state index >= 15 is 0 Å². The summed E-state index contributed by atoms with van der Waals surface area (Å²) in [6.07, 6.45) is 1.38. The zero-order chi connectivity index (χ0) is 27.8. The molecule has 1 saturated heterocycles. The standard InChI is InChI=1S/C25H22N4O8S2/c1-35-23-12-16(2-8-22(23)37-21-9-5-18(28(31)32)13-20(21)29(33)34)14-26-27-24(30)15-36-19-6-3-17(4-7-19)25-38-10-11-39-25/h2-9,12-14,25H,10-11,15H2,1H3,(H,27,30)/b26-14-. The number of hydrogen-bond donors (Lipinski definition) is 1. The molecule has 14 heteroatoms. The van der Waals surface area contributed by atoms with Gasteiger partial charge < -0.3 is 14.2 Å². The second-order valence-corrected chi connectivity index (χ2v) is 10.6. The summed E-state index contributed by atoms with van der Waals surface area (Å²) in [7, 11) is 1.38. The van der Waals surface area contributed by atoms with Crippen molar-refractivity contribution in [3.05, 3.63) is 92.0 Å². The fourth-order valence-corrected chi connectivity index (χ4v) is 6.31. The largest absolute Gasteiger partial charge is 0.493 e. The van der Waals surface area contributed by atoms with Crippen LogP contribution in [0.4, 0.5) is 11.4 Å². The third-order valence-corrected chi connectivity index (χ3v) is 8.41. The minimum absolute atomic E-state index is 0.139. The number of amides is 1. The van der Waals surface area contributed by atoms with Gasteiger partial charge >= 0.3 is 5.69 Å². The van der Waals surface area contributed by atoms with Crippen LogP contribution in [-0.4, -0.2) is 47.2 Å². The number of nitrogens with one attached hydrogen (secondary N) is 1. The lowest BCUT2D eigenvalue weighted by molar-refractivity contribution is -0.394. The lowest BCUT2D eigenvalue weighted by atomic mass is 10.2. The first-order valence-corrected chi connectivity index (χ1v) is 13.5. The first-order valence-electron chi connectivity index (χ1n) is 11.4. The van der Waals surface area contributed by atoms with E-state index in [0.717, 1.165) is 29.7 Å². The molecule has 4 rings (SSSR count). The number of non-ortho nitro benzene ring substituents is 1. The van der Waals surface area contributed by atoms with E-state index < -0.39 is 27.1 Å². The van der Waals surface area contributed by atoms with Crippen LogP contribution in [0.5, 0.6) is 23.0 Å². The average molecular weight is 571 g/mol. The van der Waals surface area contributed by atoms with Crippen molar-refractivity contribution >= 4 is 47.0 Å². The van der Waals surface area contributed by atoms with Crippen molar-refractivity contribution in [1.82, 2.24) is 5.43 Å². The molecule has 39 heavy (non-hydrogen) atoms. The van der Waals surface area contributed by atoms with Crippen LogP contribution in [0.1, 0.15) is 15.7 Å². The molecule has 0 radical (unpaired) electrons. The van der Waals surface area contributed by atoms with Gasteiger partial charge in [0.15, 0.2) is 18.1 Å². The topological polar surface area (TPSA) is 155 Å². The van der Waals surface area contributed by atoms with Crippen LogP contribution in [0.15, 0.2) is 65.8 Å². The number of ether oxygens (including phenoxy) is 3. The molecule has 202 valence electrons. The second kappa shape index (κ2) is 13.0. The van der Waals surface area contributed by atoms with Crippen molar-refractivity contribution in [1.29, 1.82) is 0 Å². The van der Waals surface area contributed by atoms with E-state index in [4.69, 9.17) is 14.2 Å². The van der Waals surface area contributed by atoms with Gasteiger partial charge in [-0.25, -0.2) is 5.43 Å². The van der Waals surface area contributed by atoms with E-state index in [1.807, 2.05) is 47.8 Å². The van der Waals surface area contributed by atoms with Crippen molar-refractivity contribution in [2.75, 3.05) is 25.2 Å². The lowest BCUT2D eigenvalue weighted by Gasteiger charge is -2.11. The van der Waals surface area contributed by atoms with Gasteiger partial charge in [-0.1, -0.05) is 12.1 Å². The van der Waals surface area contributed by atoms with Gasteiger partial charge in [0, 0.05) is 17.6 Å². The summed E-state index contributed by atoms with van der Waals surface area (Å²) in [4.78, 5) is 32.9. The zero-order valence-corrected chi connectivity index (χ0v) is 22.1. The third kappa shape index (κ3) is 7.39. The smallest absolute Gasteiger partial charge is 0.318 e. The highest BCUT2D eigenvalue weighted by Gasteiger charge is 2.22. The van der Waals surface area contributed by atoms with Gasteiger partial charge in [-0.05, 0) is 47.5 Å². The van der Waals surface area contributed by atoms with E-state index in [1.165, 1.54) is 25.0 Å². The SMILES string of the molecule is COc1cc(/C=N\NC(=O)COc2ccc(C3SCCS3)cc2)ccc1Oc1ccc([N+](=O)[O-])cc1[N+](=O)[O-]. The summed E-state index contributed by atoms with van der Waals surface area (Å²) >= 11 is 3.83. The summed E-state index contributed by atoms with van der Waals surface area (Å²) in [6.45, 7) is -0.215. The molecular weight excluding hydrogens is 548 g/mol. The van der Waals surface area contributed by atoms with Crippen molar-refractivity contribution in [2.45, 2.75) is 4.58 Å². The fourth-order valence-electron chi connectivity index (χ4n) is 3.45. The van der Waals surface area contributed by atoms with Gasteiger partial charge in [0.05, 0.1) is 33.8 Å². The normalized spacial score (nSPS) is 13.3. The number of benzene rings is 3. The molecule has 0 spiro atoms. The van der Waals surface area contributed by atoms with Crippen LogP contribution < -0.4 is 19.6 Å². The van der Waals surface area contributed by atoms with Crippen LogP contribution in [0.25, 0.3) is 0 Å². The molecule has 3 aromatic rings. The predicted octanol–water partition coefficient (Wildman–Crippen LogP) is 5.31. The summed E-state index contributed by atoms with van der Waals surface area (Å²) in [6, 6.07) is 15.4. The van der Waals surface area contributed by atoms with Crippen LogP contribution >= 0.6 is 23.5 Å². The summed E-state index contributed by atoms with van der Waals surface area (Å²) in [5.74, 6) is 2.59. The number of methoxy groups -OCH3 is 1. The number of nitro benzene ring substituents is 2. The first kappa shape index (κ1) is 27.7. The highest BCUT2D eigenvalue weighted by molar-refractivity contribution is 8.19. The quantitative estimate of drug-likeness (QED) is 0.182. The molecule has 12 nitrogen and oxygen atoms in total. The molecule has 1 aliphatic heterocycles. The maximum atomic E-state index is 12.1. The predicted molar refractivity (Wildman–Crippen MR) is 148 cm³/mol. The molecule has 0 unspecified atom stereocenters. The van der Waals surface area contributed by atoms with Crippen molar-refractivity contribution < 1.29 is 28.9 Å². The van der Waals surface area contributed by atoms with Crippen molar-refractivity contribution in [3.63, 3.8) is 0 Å². The molecule has 0 aliphatic carbocycles. The van der Waals surface area contributed by atoms with E-state index in [2.05, 4.69) is 10.5 Å². The summed E-state index contributed by atoms with van der Waals surface area (Å²) in [5, 5.41) is 26.2. The Bertz CT molecular complexity index is 1400. The molecule has 3 aromatic carbocycles. The number of rotatable bonds is 11. The summed E-state index contributed by atoms with van der Waals surface area (Å²) < 4.78 is 16.9. The van der Waals surface area contributed by atoms with Gasteiger partial charge in [-0.2, -0.15) is 5.10 Å². The van der Waals surface area contributed by atoms with Gasteiger partial charge in [-0.3, -0.25) is 25.0 Å². The van der Waals surface area contributed by atoms with Crippen molar-refractivity contribution in [2.24, 2.45) is 5.10 Å². The van der Waals surface area contributed by atoms with Gasteiger partial charge in [0.1, 0.15) is 5.75 Å². The Labute approximate surface area is 231 Å². The highest BCUT2D eigenvalue weighted by Crippen LogP contribution is 2.45. The van der Waals surface area contributed by atoms with Crippen LogP contribution in [0, 0.1) is 20.2 Å². The number of thioether (sulfide) groups is 2. The number of carbonyl (C=O) groups excluding carboxylic acids is 1. The number of carbonyl (C=O) groups is 1. The van der Waals surface area contributed by atoms with E-state index in [0.29, 0.717) is 15.9 Å². The van der Waals surface area contributed by atoms with Gasteiger partial charge in [0.2, 0.25) is 5.75 Å². The average Bonchev–Trinajstić information content (AvgIpc) is 3.48. The molecule has 0 atom stereocenters. The Morgan fingerprint density at radius 1 is 1.00 bits per heavy atom. The number of nitrogens with zero attached hydrogens (tertiary/aromatic N) is 3. The molecule has 1 aliphatic rings. The Morgan fingerprint density at radius 3 is 2.38 bits per heavy atom. The summed E-state index contributed by atoms with van der Waals surface area (Å²) in [5.41, 5.74) is 3.14. The zero-order valence-electron chi connectivity index (χ0n) is 20.5. The molecule has 0 bridgehead atoms. The van der Waals surface area contributed by atoms with Gasteiger partial charge in [-0.15, -0.1) is 23.5 Å². The Hall–Kier alpha value is -4.30. The van der Waals surface area contributed by atoms with E-state index in [9.17, 15) is 25.0 Å². The minimum Gasteiger partial charge on any atom is -0.493 e. The monoisotopic (exact) mass is 570 g/mol. The fraction of sp³-hybridized carbons (Fsp3) is 0.200. The molecular formula is C25H22N4O8S2. The second-order valence-electron chi connectivity index (χ2n) is 7.90. The van der Waals surface area contributed by atoms with Crippen molar-refractivity contribution in [3.8, 4) is 23.0 Å². The lowest BCUT2D eigenvalue weighted by Crippen LogP contribution is -2.24. The number of hydrogen-bond acceptors (Lipinski definition) is 11. The molecule has 1 amide bonds. The number of nitro groups is 2. The molecule has 1 N–H and O–H groups in total.